The zero-order valence-electron chi connectivity index (χ0n) is 21.3. The molecule has 0 aromatic carbocycles. The van der Waals surface area contributed by atoms with Gasteiger partial charge in [0.15, 0.2) is 0 Å². The predicted octanol–water partition coefficient (Wildman–Crippen LogP) is 8.33. The number of rotatable bonds is 7. The molecule has 3 heteroatoms. The van der Waals surface area contributed by atoms with Crippen molar-refractivity contribution in [2.45, 2.75) is 111 Å². The van der Waals surface area contributed by atoms with E-state index in [4.69, 9.17) is 4.74 Å². The lowest BCUT2D eigenvalue weighted by Crippen LogP contribution is -2.52. The summed E-state index contributed by atoms with van der Waals surface area (Å²) in [6.07, 6.45) is 17.1. The van der Waals surface area contributed by atoms with Crippen molar-refractivity contribution in [3.63, 3.8) is 0 Å². The Morgan fingerprint density at radius 3 is 2.59 bits per heavy atom. The monoisotopic (exact) mass is 506 g/mol. The van der Waals surface area contributed by atoms with Crippen molar-refractivity contribution in [1.29, 1.82) is 0 Å². The third-order valence-electron chi connectivity index (χ3n) is 10.6. The van der Waals surface area contributed by atoms with Gasteiger partial charge in [-0.05, 0) is 85.9 Å². The maximum Gasteiger partial charge on any atom is 0.302 e. The number of fused-ring (bicyclic) bond motifs is 5. The molecular weight excluding hydrogens is 460 g/mol. The van der Waals surface area contributed by atoms with Gasteiger partial charge in [-0.2, -0.15) is 0 Å². The fourth-order valence-electron chi connectivity index (χ4n) is 9.03. The van der Waals surface area contributed by atoms with Crippen LogP contribution in [0.5, 0.6) is 0 Å². The summed E-state index contributed by atoms with van der Waals surface area (Å²) in [5.41, 5.74) is 2.46. The average molecular weight is 508 g/mol. The first kappa shape index (κ1) is 24.8. The minimum Gasteiger partial charge on any atom is -0.462 e. The molecule has 0 N–H and O–H groups in total. The van der Waals surface area contributed by atoms with Gasteiger partial charge in [0.1, 0.15) is 6.10 Å². The number of ether oxygens (including phenoxy) is 1. The zero-order valence-corrected chi connectivity index (χ0v) is 22.9. The van der Waals surface area contributed by atoms with Crippen LogP contribution in [-0.2, 0) is 9.53 Å². The maximum absolute atomic E-state index is 11.5. The van der Waals surface area contributed by atoms with Crippen molar-refractivity contribution in [1.82, 2.24) is 0 Å². The average Bonchev–Trinajstić information content (AvgIpc) is 3.10. The molecule has 0 aromatic heterocycles. The van der Waals surface area contributed by atoms with Crippen LogP contribution in [0.2, 0.25) is 0 Å². The lowest BCUT2D eigenvalue weighted by Gasteiger charge is -2.59. The van der Waals surface area contributed by atoms with E-state index < -0.39 is 0 Å². The van der Waals surface area contributed by atoms with Gasteiger partial charge in [-0.3, -0.25) is 4.79 Å². The van der Waals surface area contributed by atoms with Crippen LogP contribution in [0, 0.1) is 46.3 Å². The van der Waals surface area contributed by atoms with Crippen LogP contribution in [0.15, 0.2) is 11.6 Å². The van der Waals surface area contributed by atoms with Crippen LogP contribution in [0.1, 0.15) is 105 Å². The Balaban J connectivity index is 1.50. The van der Waals surface area contributed by atoms with E-state index in [1.165, 1.54) is 57.8 Å². The topological polar surface area (TPSA) is 26.3 Å². The van der Waals surface area contributed by atoms with Crippen LogP contribution in [0.4, 0.5) is 0 Å². The van der Waals surface area contributed by atoms with E-state index in [1.807, 2.05) is 0 Å². The van der Waals surface area contributed by atoms with Crippen LogP contribution in [0.25, 0.3) is 0 Å². The summed E-state index contributed by atoms with van der Waals surface area (Å²) in [4.78, 5) is 11.5. The predicted molar refractivity (Wildman–Crippen MR) is 137 cm³/mol. The largest absolute Gasteiger partial charge is 0.462 e. The van der Waals surface area contributed by atoms with Gasteiger partial charge in [0.2, 0.25) is 0 Å². The van der Waals surface area contributed by atoms with Gasteiger partial charge < -0.3 is 4.74 Å². The van der Waals surface area contributed by atoms with Crippen molar-refractivity contribution in [2.75, 3.05) is 5.33 Å². The van der Waals surface area contributed by atoms with Gasteiger partial charge in [-0.1, -0.05) is 74.5 Å². The summed E-state index contributed by atoms with van der Waals surface area (Å²) < 4.78 is 5.64. The molecule has 4 aliphatic carbocycles. The molecule has 32 heavy (non-hydrogen) atoms. The Hall–Kier alpha value is -0.310. The highest BCUT2D eigenvalue weighted by Gasteiger charge is 2.60. The molecule has 0 unspecified atom stereocenters. The van der Waals surface area contributed by atoms with E-state index in [1.54, 1.807) is 12.5 Å². The normalized spacial score (nSPS) is 42.0. The highest BCUT2D eigenvalue weighted by Crippen LogP contribution is 2.67. The Morgan fingerprint density at radius 2 is 1.91 bits per heavy atom. The number of allylic oxidation sites excluding steroid dienone is 1. The van der Waals surface area contributed by atoms with Gasteiger partial charge in [0.25, 0.3) is 0 Å². The van der Waals surface area contributed by atoms with Gasteiger partial charge in [-0.25, -0.2) is 0 Å². The fourth-order valence-corrected chi connectivity index (χ4v) is 10.1. The van der Waals surface area contributed by atoms with E-state index in [-0.39, 0.29) is 12.1 Å². The number of hydrogen-bond donors (Lipinski definition) is 0. The Kier molecular flexibility index (Phi) is 7.55. The summed E-state index contributed by atoms with van der Waals surface area (Å²) in [6, 6.07) is 0. The van der Waals surface area contributed by atoms with Gasteiger partial charge in [0, 0.05) is 24.1 Å². The number of hydrogen-bond acceptors (Lipinski definition) is 2. The van der Waals surface area contributed by atoms with E-state index in [2.05, 4.69) is 49.7 Å². The molecule has 0 heterocycles. The van der Waals surface area contributed by atoms with Crippen LogP contribution < -0.4 is 0 Å². The third-order valence-corrected chi connectivity index (χ3v) is 11.6. The Bertz CT molecular complexity index is 714. The quantitative estimate of drug-likeness (QED) is 0.197. The summed E-state index contributed by atoms with van der Waals surface area (Å²) >= 11 is 3.99. The first-order valence-corrected chi connectivity index (χ1v) is 14.8. The van der Waals surface area contributed by atoms with Crippen LogP contribution in [-0.4, -0.2) is 17.4 Å². The molecular formula is C29H47BrO2. The second kappa shape index (κ2) is 9.74. The van der Waals surface area contributed by atoms with E-state index in [0.29, 0.717) is 10.8 Å². The summed E-state index contributed by atoms with van der Waals surface area (Å²) in [5, 5.41) is 1.08. The zero-order chi connectivity index (χ0) is 23.1. The summed E-state index contributed by atoms with van der Waals surface area (Å²) in [5.74, 6) is 5.08. The molecule has 3 saturated carbocycles. The minimum atomic E-state index is -0.122. The molecule has 3 fully saturated rings. The molecule has 4 rings (SSSR count). The number of esters is 1. The summed E-state index contributed by atoms with van der Waals surface area (Å²) in [7, 11) is 0. The SMILES string of the molecule is CC(=O)O[C@H]1CC[C@@]2(CBr)C(=CC[C@@H]3[C@@H]2CC[C@]2(C)[C@@H]([C@H](C)CCCC(C)C)CC[C@@H]32)C1. The highest BCUT2D eigenvalue weighted by atomic mass is 79.9. The molecule has 0 spiro atoms. The molecule has 2 nitrogen and oxygen atoms in total. The summed E-state index contributed by atoms with van der Waals surface area (Å²) in [6.45, 7) is 11.5. The van der Waals surface area contributed by atoms with E-state index in [0.717, 1.165) is 53.7 Å². The number of halogens is 1. The smallest absolute Gasteiger partial charge is 0.302 e. The Morgan fingerprint density at radius 1 is 1.12 bits per heavy atom. The van der Waals surface area contributed by atoms with Crippen molar-refractivity contribution < 1.29 is 9.53 Å². The van der Waals surface area contributed by atoms with E-state index >= 15 is 0 Å². The molecule has 0 radical (unpaired) electrons. The maximum atomic E-state index is 11.5. The molecule has 0 aromatic rings. The molecule has 0 saturated heterocycles. The number of carbonyl (C=O) groups is 1. The Labute approximate surface area is 205 Å². The van der Waals surface area contributed by atoms with Gasteiger partial charge in [0.05, 0.1) is 0 Å². The molecule has 0 aliphatic heterocycles. The molecule has 182 valence electrons. The molecule has 0 bridgehead atoms. The number of carbonyl (C=O) groups excluding carboxylic acids is 1. The standard InChI is InChI=1S/C29H47BrO2/c1-19(2)7-6-8-20(3)25-11-12-26-24-10-9-22-17-23(32-21(4)31)13-16-29(22,18-30)27(24)14-15-28(25,26)5/h9,19-20,23-27H,6-8,10-18H2,1-5H3/t20-,23+,24+,25-,26+,27+,28-,29-/m1/s1. The van der Waals surface area contributed by atoms with Crippen molar-refractivity contribution in [3.8, 4) is 0 Å². The second-order valence-electron chi connectivity index (χ2n) is 12.6. The van der Waals surface area contributed by atoms with E-state index in [9.17, 15) is 4.79 Å². The highest BCUT2D eigenvalue weighted by molar-refractivity contribution is 9.09. The lowest BCUT2D eigenvalue weighted by atomic mass is 9.47. The number of alkyl halides is 1. The van der Waals surface area contributed by atoms with Crippen molar-refractivity contribution in [2.24, 2.45) is 46.3 Å². The van der Waals surface area contributed by atoms with Crippen molar-refractivity contribution in [3.05, 3.63) is 11.6 Å². The van der Waals surface area contributed by atoms with Crippen LogP contribution >= 0.6 is 15.9 Å². The molecule has 4 aliphatic rings. The van der Waals surface area contributed by atoms with Crippen LogP contribution in [0.3, 0.4) is 0 Å². The third kappa shape index (κ3) is 4.38. The fraction of sp³-hybridized carbons (Fsp3) is 0.897. The molecule has 8 atom stereocenters. The van der Waals surface area contributed by atoms with Gasteiger partial charge >= 0.3 is 5.97 Å². The minimum absolute atomic E-state index is 0.0962. The van der Waals surface area contributed by atoms with Gasteiger partial charge in [-0.15, -0.1) is 0 Å². The second-order valence-corrected chi connectivity index (χ2v) is 13.2. The lowest BCUT2D eigenvalue weighted by molar-refractivity contribution is -0.148. The van der Waals surface area contributed by atoms with Crippen molar-refractivity contribution >= 4 is 21.9 Å². The first-order valence-electron chi connectivity index (χ1n) is 13.6. The molecule has 0 amide bonds. The first-order chi connectivity index (χ1) is 15.2.